The summed E-state index contributed by atoms with van der Waals surface area (Å²) in [6.45, 7) is 8.48. The van der Waals surface area contributed by atoms with Crippen LogP contribution in [0.3, 0.4) is 0 Å². The Kier molecular flexibility index (Phi) is 5.30. The van der Waals surface area contributed by atoms with Gasteiger partial charge in [-0.05, 0) is 51.4 Å². The highest BCUT2D eigenvalue weighted by Gasteiger charge is 2.34. The Labute approximate surface area is 117 Å². The normalized spacial score (nSPS) is 14.7. The molecule has 0 amide bonds. The van der Waals surface area contributed by atoms with Gasteiger partial charge in [0.25, 0.3) is 0 Å². The third-order valence-electron chi connectivity index (χ3n) is 4.00. The quantitative estimate of drug-likeness (QED) is 0.726. The predicted molar refractivity (Wildman–Crippen MR) is 81.7 cm³/mol. The number of carbonyl (C=O) groups is 1. The Hall–Kier alpha value is -1.15. The van der Waals surface area contributed by atoms with Gasteiger partial charge in [-0.25, -0.2) is 0 Å². The summed E-state index contributed by atoms with van der Waals surface area (Å²) in [7, 11) is 3.94. The van der Waals surface area contributed by atoms with Gasteiger partial charge in [0.05, 0.1) is 5.54 Å². The molecule has 0 bridgehead atoms. The van der Waals surface area contributed by atoms with Crippen LogP contribution < -0.4 is 0 Å². The summed E-state index contributed by atoms with van der Waals surface area (Å²) in [4.78, 5) is 14.8. The molecule has 1 aromatic carbocycles. The molecule has 0 radical (unpaired) electrons. The molecule has 0 aliphatic rings. The van der Waals surface area contributed by atoms with E-state index in [1.165, 1.54) is 5.56 Å². The van der Waals surface area contributed by atoms with Gasteiger partial charge in [0.15, 0.2) is 5.78 Å². The van der Waals surface area contributed by atoms with Crippen molar-refractivity contribution in [3.63, 3.8) is 0 Å². The summed E-state index contributed by atoms with van der Waals surface area (Å²) in [5, 5.41) is 0. The van der Waals surface area contributed by atoms with E-state index in [-0.39, 0.29) is 5.78 Å². The molecule has 0 aliphatic heterocycles. The van der Waals surface area contributed by atoms with Crippen molar-refractivity contribution in [2.45, 2.75) is 46.1 Å². The number of benzene rings is 1. The highest BCUT2D eigenvalue weighted by Crippen LogP contribution is 2.23. The van der Waals surface area contributed by atoms with Gasteiger partial charge in [-0.15, -0.1) is 0 Å². The number of Topliss-reactive ketones (excluding diaryl/α,β-unsaturated/α-hetero) is 1. The second-order valence-electron chi connectivity index (χ2n) is 6.15. The van der Waals surface area contributed by atoms with Gasteiger partial charge >= 0.3 is 0 Å². The summed E-state index contributed by atoms with van der Waals surface area (Å²) < 4.78 is 0. The average molecular weight is 261 g/mol. The molecular weight excluding hydrogens is 234 g/mol. The molecule has 1 rings (SSSR count). The summed E-state index contributed by atoms with van der Waals surface area (Å²) in [5.74, 6) is 0.822. The van der Waals surface area contributed by atoms with Crippen LogP contribution in [-0.2, 0) is 6.42 Å². The summed E-state index contributed by atoms with van der Waals surface area (Å²) >= 11 is 0. The van der Waals surface area contributed by atoms with Crippen molar-refractivity contribution in [3.05, 3.63) is 35.4 Å². The highest BCUT2D eigenvalue weighted by molar-refractivity contribution is 6.03. The lowest BCUT2D eigenvalue weighted by Gasteiger charge is -2.34. The molecule has 1 atom stereocenters. The van der Waals surface area contributed by atoms with Crippen LogP contribution in [0.25, 0.3) is 0 Å². The van der Waals surface area contributed by atoms with Crippen molar-refractivity contribution >= 4 is 5.78 Å². The van der Waals surface area contributed by atoms with Crippen molar-refractivity contribution in [2.75, 3.05) is 14.1 Å². The summed E-state index contributed by atoms with van der Waals surface area (Å²) in [6.07, 6.45) is 1.83. The molecule has 0 aliphatic carbocycles. The maximum atomic E-state index is 12.7. The lowest BCUT2D eigenvalue weighted by Crippen LogP contribution is -2.48. The molecule has 0 spiro atoms. The molecule has 2 nitrogen and oxygen atoms in total. The molecule has 0 N–H and O–H groups in total. The van der Waals surface area contributed by atoms with Crippen LogP contribution in [0.1, 0.15) is 50.0 Å². The number of likely N-dealkylation sites (N-methyl/N-ethyl adjacent to an activating group) is 1. The smallest absolute Gasteiger partial charge is 0.182 e. The van der Waals surface area contributed by atoms with E-state index in [1.807, 2.05) is 38.1 Å². The highest BCUT2D eigenvalue weighted by atomic mass is 16.1. The van der Waals surface area contributed by atoms with E-state index >= 15 is 0 Å². The van der Waals surface area contributed by atoms with Crippen LogP contribution in [0.5, 0.6) is 0 Å². The first kappa shape index (κ1) is 15.9. The molecule has 1 aromatic rings. The maximum absolute atomic E-state index is 12.7. The van der Waals surface area contributed by atoms with E-state index in [9.17, 15) is 4.79 Å². The molecule has 0 saturated carbocycles. The minimum Gasteiger partial charge on any atom is -0.297 e. The van der Waals surface area contributed by atoms with Gasteiger partial charge in [-0.2, -0.15) is 0 Å². The zero-order valence-electron chi connectivity index (χ0n) is 13.2. The van der Waals surface area contributed by atoms with Gasteiger partial charge in [0.1, 0.15) is 0 Å². The number of carbonyl (C=O) groups excluding carboxylic acids is 1. The van der Waals surface area contributed by atoms with Gasteiger partial charge in [0.2, 0.25) is 0 Å². The van der Waals surface area contributed by atoms with Crippen molar-refractivity contribution in [3.8, 4) is 0 Å². The minimum absolute atomic E-state index is 0.214. The van der Waals surface area contributed by atoms with E-state index in [0.29, 0.717) is 5.92 Å². The van der Waals surface area contributed by atoms with E-state index in [2.05, 4.69) is 32.9 Å². The molecular formula is C17H27NO. The van der Waals surface area contributed by atoms with Crippen molar-refractivity contribution in [1.29, 1.82) is 0 Å². The van der Waals surface area contributed by atoms with Crippen LogP contribution in [0.2, 0.25) is 0 Å². The molecule has 106 valence electrons. The standard InChI is InChI=1S/C17H27NO/c1-7-17(4,18(5)6)16(19)15-10-8-9-14(12-15)11-13(2)3/h8-10,12-13H,7,11H2,1-6H3. The lowest BCUT2D eigenvalue weighted by molar-refractivity contribution is 0.0710. The van der Waals surface area contributed by atoms with Crippen LogP contribution >= 0.6 is 0 Å². The number of hydrogen-bond donors (Lipinski definition) is 0. The third-order valence-corrected chi connectivity index (χ3v) is 4.00. The fraction of sp³-hybridized carbons (Fsp3) is 0.588. The molecule has 0 fully saturated rings. The zero-order valence-corrected chi connectivity index (χ0v) is 13.2. The minimum atomic E-state index is -0.420. The Morgan fingerprint density at radius 1 is 1.32 bits per heavy atom. The van der Waals surface area contributed by atoms with Crippen LogP contribution in [0.4, 0.5) is 0 Å². The first-order chi connectivity index (χ1) is 8.81. The topological polar surface area (TPSA) is 20.3 Å². The van der Waals surface area contributed by atoms with Gasteiger partial charge in [-0.3, -0.25) is 9.69 Å². The average Bonchev–Trinajstić information content (AvgIpc) is 2.36. The van der Waals surface area contributed by atoms with Crippen molar-refractivity contribution in [2.24, 2.45) is 5.92 Å². The molecule has 2 heteroatoms. The third kappa shape index (κ3) is 3.66. The maximum Gasteiger partial charge on any atom is 0.182 e. The number of nitrogens with zero attached hydrogens (tertiary/aromatic N) is 1. The van der Waals surface area contributed by atoms with Gasteiger partial charge in [0, 0.05) is 5.56 Å². The number of hydrogen-bond acceptors (Lipinski definition) is 2. The lowest BCUT2D eigenvalue weighted by atomic mass is 9.86. The largest absolute Gasteiger partial charge is 0.297 e. The molecule has 0 aromatic heterocycles. The van der Waals surface area contributed by atoms with Gasteiger partial charge < -0.3 is 0 Å². The molecule has 19 heavy (non-hydrogen) atoms. The van der Waals surface area contributed by atoms with Crippen molar-refractivity contribution in [1.82, 2.24) is 4.90 Å². The fourth-order valence-electron chi connectivity index (χ4n) is 2.30. The van der Waals surface area contributed by atoms with Crippen LogP contribution in [-0.4, -0.2) is 30.3 Å². The first-order valence-electron chi connectivity index (χ1n) is 7.12. The number of rotatable bonds is 6. The van der Waals surface area contributed by atoms with Crippen LogP contribution in [0, 0.1) is 5.92 Å². The van der Waals surface area contributed by atoms with E-state index < -0.39 is 5.54 Å². The SMILES string of the molecule is CCC(C)(C(=O)c1cccc(CC(C)C)c1)N(C)C. The molecule has 1 unspecified atom stereocenters. The van der Waals surface area contributed by atoms with E-state index in [0.717, 1.165) is 18.4 Å². The summed E-state index contributed by atoms with van der Waals surface area (Å²) in [5.41, 5.74) is 1.66. The second-order valence-corrected chi connectivity index (χ2v) is 6.15. The monoisotopic (exact) mass is 261 g/mol. The Morgan fingerprint density at radius 3 is 2.42 bits per heavy atom. The Balaban J connectivity index is 3.06. The van der Waals surface area contributed by atoms with Crippen molar-refractivity contribution < 1.29 is 4.79 Å². The van der Waals surface area contributed by atoms with E-state index in [1.54, 1.807) is 0 Å². The van der Waals surface area contributed by atoms with E-state index in [4.69, 9.17) is 0 Å². The Morgan fingerprint density at radius 2 is 1.95 bits per heavy atom. The second kappa shape index (κ2) is 6.33. The molecule has 0 heterocycles. The van der Waals surface area contributed by atoms with Crippen LogP contribution in [0.15, 0.2) is 24.3 Å². The number of ketones is 1. The Bertz CT molecular complexity index is 437. The predicted octanol–water partition coefficient (Wildman–Crippen LogP) is 3.80. The fourth-order valence-corrected chi connectivity index (χ4v) is 2.30. The zero-order chi connectivity index (χ0) is 14.6. The molecule has 0 saturated heterocycles. The summed E-state index contributed by atoms with van der Waals surface area (Å²) in [6, 6.07) is 8.09. The van der Waals surface area contributed by atoms with Gasteiger partial charge in [-0.1, -0.05) is 39.0 Å². The first-order valence-corrected chi connectivity index (χ1v) is 7.12.